The molecule has 3 aromatic heterocycles. The standard InChI is InChI=1S/C14H15F2N7O/c1-7(8-2-3-8)23-13-9(5-18-23)17-6-11(20-13)19-10-4-12(22-21-10)24-14(15)16/h4-8,14H,2-3H2,1H3,(H2,19,20,21,22). The molecule has 8 nitrogen and oxygen atoms in total. The molecule has 0 spiro atoms. The molecule has 0 aliphatic heterocycles. The quantitative estimate of drug-likeness (QED) is 0.719. The van der Waals surface area contributed by atoms with Crippen molar-refractivity contribution >= 4 is 22.8 Å². The minimum Gasteiger partial charge on any atom is -0.415 e. The van der Waals surface area contributed by atoms with E-state index in [1.54, 1.807) is 12.4 Å². The Morgan fingerprint density at radius 3 is 2.96 bits per heavy atom. The van der Waals surface area contributed by atoms with E-state index in [-0.39, 0.29) is 11.9 Å². The smallest absolute Gasteiger partial charge is 0.388 e. The lowest BCUT2D eigenvalue weighted by atomic mass is 10.2. The van der Waals surface area contributed by atoms with Crippen LogP contribution in [0, 0.1) is 5.92 Å². The second-order valence-corrected chi connectivity index (χ2v) is 5.75. The van der Waals surface area contributed by atoms with Crippen LogP contribution in [0.4, 0.5) is 20.4 Å². The van der Waals surface area contributed by atoms with Crippen molar-refractivity contribution in [3.05, 3.63) is 18.5 Å². The number of fused-ring (bicyclic) bond motifs is 1. The van der Waals surface area contributed by atoms with Crippen LogP contribution in [0.1, 0.15) is 25.8 Å². The van der Waals surface area contributed by atoms with Crippen molar-refractivity contribution in [2.45, 2.75) is 32.4 Å². The van der Waals surface area contributed by atoms with Crippen molar-refractivity contribution in [2.75, 3.05) is 5.32 Å². The molecule has 4 rings (SSSR count). The van der Waals surface area contributed by atoms with Gasteiger partial charge in [0.25, 0.3) is 0 Å². The van der Waals surface area contributed by atoms with E-state index in [2.05, 4.69) is 42.2 Å². The SMILES string of the molecule is CC(C1CC1)n1ncc2ncc(Nc3cc(OC(F)F)n[nH]3)nc21. The summed E-state index contributed by atoms with van der Waals surface area (Å²) in [5.41, 5.74) is 1.39. The van der Waals surface area contributed by atoms with Crippen molar-refractivity contribution in [1.29, 1.82) is 0 Å². The van der Waals surface area contributed by atoms with E-state index in [0.717, 1.165) is 0 Å². The number of anilines is 2. The van der Waals surface area contributed by atoms with Crippen molar-refractivity contribution < 1.29 is 13.5 Å². The monoisotopic (exact) mass is 335 g/mol. The molecule has 10 heteroatoms. The normalized spacial score (nSPS) is 15.8. The minimum absolute atomic E-state index is 0.200. The largest absolute Gasteiger partial charge is 0.415 e. The van der Waals surface area contributed by atoms with Gasteiger partial charge in [-0.15, -0.1) is 5.10 Å². The summed E-state index contributed by atoms with van der Waals surface area (Å²) < 4.78 is 30.4. The summed E-state index contributed by atoms with van der Waals surface area (Å²) >= 11 is 0. The fraction of sp³-hybridized carbons (Fsp3) is 0.429. The summed E-state index contributed by atoms with van der Waals surface area (Å²) in [5, 5.41) is 13.5. The summed E-state index contributed by atoms with van der Waals surface area (Å²) in [4.78, 5) is 8.84. The van der Waals surface area contributed by atoms with Crippen LogP contribution in [0.2, 0.25) is 0 Å². The number of rotatable bonds is 6. The molecule has 24 heavy (non-hydrogen) atoms. The van der Waals surface area contributed by atoms with E-state index >= 15 is 0 Å². The van der Waals surface area contributed by atoms with Gasteiger partial charge in [0, 0.05) is 6.07 Å². The number of nitrogens with zero attached hydrogens (tertiary/aromatic N) is 5. The first kappa shape index (κ1) is 14.8. The number of ether oxygens (including phenoxy) is 1. The number of alkyl halides is 2. The number of aromatic nitrogens is 6. The summed E-state index contributed by atoms with van der Waals surface area (Å²) in [5.74, 6) is 1.27. The third-order valence-electron chi connectivity index (χ3n) is 4.02. The predicted octanol–water partition coefficient (Wildman–Crippen LogP) is 2.87. The van der Waals surface area contributed by atoms with Crippen LogP contribution in [0.3, 0.4) is 0 Å². The molecule has 3 aromatic rings. The van der Waals surface area contributed by atoms with E-state index in [1.165, 1.54) is 18.9 Å². The molecule has 1 fully saturated rings. The Morgan fingerprint density at radius 1 is 1.38 bits per heavy atom. The van der Waals surface area contributed by atoms with Gasteiger partial charge in [-0.3, -0.25) is 5.10 Å². The molecule has 3 heterocycles. The van der Waals surface area contributed by atoms with Crippen molar-refractivity contribution in [1.82, 2.24) is 29.9 Å². The van der Waals surface area contributed by atoms with Crippen LogP contribution in [-0.2, 0) is 0 Å². The Bertz CT molecular complexity index is 858. The van der Waals surface area contributed by atoms with Gasteiger partial charge in [-0.1, -0.05) is 0 Å². The van der Waals surface area contributed by atoms with Crippen LogP contribution in [0.5, 0.6) is 5.88 Å². The molecule has 126 valence electrons. The average molecular weight is 335 g/mol. The maximum Gasteiger partial charge on any atom is 0.388 e. The Balaban J connectivity index is 1.57. The summed E-state index contributed by atoms with van der Waals surface area (Å²) in [6, 6.07) is 1.59. The van der Waals surface area contributed by atoms with Gasteiger partial charge in [-0.2, -0.15) is 13.9 Å². The number of nitrogens with one attached hydrogen (secondary N) is 2. The maximum atomic E-state index is 12.2. The predicted molar refractivity (Wildman–Crippen MR) is 81.3 cm³/mol. The van der Waals surface area contributed by atoms with Gasteiger partial charge in [0.15, 0.2) is 11.5 Å². The molecule has 0 aromatic carbocycles. The van der Waals surface area contributed by atoms with Crippen LogP contribution < -0.4 is 10.1 Å². The fourth-order valence-electron chi connectivity index (χ4n) is 2.61. The summed E-state index contributed by atoms with van der Waals surface area (Å²) in [6.45, 7) is -0.801. The Kier molecular flexibility index (Phi) is 3.51. The second-order valence-electron chi connectivity index (χ2n) is 5.75. The number of H-pyrrole nitrogens is 1. The topological polar surface area (TPSA) is 93.5 Å². The van der Waals surface area contributed by atoms with Gasteiger partial charge in [0.1, 0.15) is 11.3 Å². The van der Waals surface area contributed by atoms with E-state index in [9.17, 15) is 8.78 Å². The van der Waals surface area contributed by atoms with Gasteiger partial charge >= 0.3 is 6.61 Å². The first-order valence-corrected chi connectivity index (χ1v) is 7.57. The third kappa shape index (κ3) is 2.86. The van der Waals surface area contributed by atoms with Gasteiger partial charge in [-0.25, -0.2) is 14.6 Å². The van der Waals surface area contributed by atoms with Gasteiger partial charge in [-0.05, 0) is 25.7 Å². The second kappa shape index (κ2) is 5.69. The Morgan fingerprint density at radius 2 is 2.21 bits per heavy atom. The lowest BCUT2D eigenvalue weighted by Gasteiger charge is -2.11. The van der Waals surface area contributed by atoms with Crippen LogP contribution in [-0.4, -0.2) is 36.6 Å². The van der Waals surface area contributed by atoms with E-state index in [0.29, 0.717) is 28.7 Å². The molecule has 0 amide bonds. The number of halogens is 2. The fourth-order valence-corrected chi connectivity index (χ4v) is 2.61. The van der Waals surface area contributed by atoms with Gasteiger partial charge < -0.3 is 10.1 Å². The van der Waals surface area contributed by atoms with E-state index in [1.807, 2.05) is 4.68 Å². The zero-order chi connectivity index (χ0) is 16.7. The summed E-state index contributed by atoms with van der Waals surface area (Å²) in [7, 11) is 0. The zero-order valence-electron chi connectivity index (χ0n) is 12.8. The highest BCUT2D eigenvalue weighted by atomic mass is 19.3. The first-order chi connectivity index (χ1) is 11.6. The Labute approximate surface area is 135 Å². The number of hydrogen-bond donors (Lipinski definition) is 2. The average Bonchev–Trinajstić information content (AvgIpc) is 3.18. The third-order valence-corrected chi connectivity index (χ3v) is 4.02. The molecule has 1 saturated carbocycles. The van der Waals surface area contributed by atoms with Crippen molar-refractivity contribution in [2.24, 2.45) is 5.92 Å². The molecule has 1 aliphatic carbocycles. The summed E-state index contributed by atoms with van der Waals surface area (Å²) in [6.07, 6.45) is 5.64. The molecule has 1 atom stereocenters. The van der Waals surface area contributed by atoms with Crippen molar-refractivity contribution in [3.63, 3.8) is 0 Å². The van der Waals surface area contributed by atoms with E-state index in [4.69, 9.17) is 0 Å². The molecular formula is C14H15F2N7O. The zero-order valence-corrected chi connectivity index (χ0v) is 12.8. The minimum atomic E-state index is -2.92. The highest BCUT2D eigenvalue weighted by Crippen LogP contribution is 2.39. The highest BCUT2D eigenvalue weighted by Gasteiger charge is 2.30. The van der Waals surface area contributed by atoms with Gasteiger partial charge in [0.05, 0.1) is 18.4 Å². The lowest BCUT2D eigenvalue weighted by molar-refractivity contribution is -0.0528. The molecule has 0 saturated heterocycles. The maximum absolute atomic E-state index is 12.2. The van der Waals surface area contributed by atoms with E-state index < -0.39 is 6.61 Å². The number of aromatic amines is 1. The van der Waals surface area contributed by atoms with Crippen LogP contribution >= 0.6 is 0 Å². The molecule has 2 N–H and O–H groups in total. The molecular weight excluding hydrogens is 320 g/mol. The lowest BCUT2D eigenvalue weighted by Crippen LogP contribution is -2.10. The Hall–Kier alpha value is -2.78. The molecule has 1 unspecified atom stereocenters. The van der Waals surface area contributed by atoms with Crippen LogP contribution in [0.25, 0.3) is 11.2 Å². The molecule has 1 aliphatic rings. The first-order valence-electron chi connectivity index (χ1n) is 7.57. The van der Waals surface area contributed by atoms with Gasteiger partial charge in [0.2, 0.25) is 5.88 Å². The highest BCUT2D eigenvalue weighted by molar-refractivity contribution is 5.72. The number of hydrogen-bond acceptors (Lipinski definition) is 6. The molecule has 0 bridgehead atoms. The van der Waals surface area contributed by atoms with Crippen molar-refractivity contribution in [3.8, 4) is 5.88 Å². The molecule has 0 radical (unpaired) electrons. The van der Waals surface area contributed by atoms with Crippen LogP contribution in [0.15, 0.2) is 18.5 Å².